The highest BCUT2D eigenvalue weighted by Gasteiger charge is 1.90. The van der Waals surface area contributed by atoms with Gasteiger partial charge >= 0.3 is 0 Å². The highest BCUT2D eigenvalue weighted by Crippen LogP contribution is 2.11. The summed E-state index contributed by atoms with van der Waals surface area (Å²) in [6.07, 6.45) is 0. The van der Waals surface area contributed by atoms with Crippen LogP contribution in [-0.4, -0.2) is 5.96 Å². The number of azo groups is 1. The maximum Gasteiger partial charge on any atom is 0.232 e. The number of nitrogens with one attached hydrogen (secondary N) is 1. The van der Waals surface area contributed by atoms with Gasteiger partial charge in [0.15, 0.2) is 0 Å². The summed E-state index contributed by atoms with van der Waals surface area (Å²) in [6, 6.07) is 5.41. The molecule has 0 saturated carbocycles. The topological polar surface area (TPSA) is 74.6 Å². The lowest BCUT2D eigenvalue weighted by Gasteiger charge is -1.90. The van der Waals surface area contributed by atoms with Crippen molar-refractivity contribution in [1.82, 2.24) is 0 Å². The smallest absolute Gasteiger partial charge is 0.232 e. The van der Waals surface area contributed by atoms with Gasteiger partial charge < -0.3 is 5.73 Å². The third-order valence-corrected chi connectivity index (χ3v) is 1.10. The van der Waals surface area contributed by atoms with Crippen LogP contribution >= 0.6 is 0 Å². The Labute approximate surface area is 68.4 Å². The van der Waals surface area contributed by atoms with Crippen LogP contribution in [0.1, 0.15) is 0 Å². The van der Waals surface area contributed by atoms with Gasteiger partial charge in [-0.1, -0.05) is 0 Å². The predicted molar refractivity (Wildman–Crippen MR) is 42.8 cm³/mol. The molecule has 0 aliphatic heterocycles. The van der Waals surface area contributed by atoms with Gasteiger partial charge in [0.05, 0.1) is 5.69 Å². The van der Waals surface area contributed by atoms with E-state index >= 15 is 0 Å². The molecule has 1 aromatic carbocycles. The second-order valence-electron chi connectivity index (χ2n) is 2.06. The number of guanidine groups is 1. The van der Waals surface area contributed by atoms with Crippen molar-refractivity contribution in [3.05, 3.63) is 30.1 Å². The van der Waals surface area contributed by atoms with Crippen molar-refractivity contribution in [3.63, 3.8) is 0 Å². The van der Waals surface area contributed by atoms with Gasteiger partial charge in [0.1, 0.15) is 5.82 Å². The van der Waals surface area contributed by atoms with Crippen LogP contribution in [0.3, 0.4) is 0 Å². The van der Waals surface area contributed by atoms with E-state index in [1.165, 1.54) is 24.3 Å². The molecular weight excluding hydrogens is 159 g/mol. The Balaban J connectivity index is 2.77. The van der Waals surface area contributed by atoms with E-state index < -0.39 is 0 Å². The lowest BCUT2D eigenvalue weighted by molar-refractivity contribution is 0.628. The number of halogens is 1. The fourth-order valence-electron chi connectivity index (χ4n) is 0.619. The minimum Gasteiger partial charge on any atom is -0.367 e. The maximum atomic E-state index is 12.3. The Kier molecular flexibility index (Phi) is 2.47. The van der Waals surface area contributed by atoms with Crippen LogP contribution in [0.5, 0.6) is 0 Å². The molecule has 0 heterocycles. The minimum atomic E-state index is -0.376. The summed E-state index contributed by atoms with van der Waals surface area (Å²) in [5, 5.41) is 13.6. The van der Waals surface area contributed by atoms with Crippen molar-refractivity contribution in [2.75, 3.05) is 0 Å². The average molecular weight is 166 g/mol. The van der Waals surface area contributed by atoms with Crippen LogP contribution in [0, 0.1) is 11.2 Å². The summed E-state index contributed by atoms with van der Waals surface area (Å²) < 4.78 is 12.3. The summed E-state index contributed by atoms with van der Waals surface area (Å²) in [4.78, 5) is 0. The van der Waals surface area contributed by atoms with Crippen LogP contribution in [0.4, 0.5) is 10.1 Å². The van der Waals surface area contributed by atoms with Crippen LogP contribution < -0.4 is 5.73 Å². The monoisotopic (exact) mass is 166 g/mol. The Hall–Kier alpha value is -1.78. The Morgan fingerprint density at radius 3 is 2.42 bits per heavy atom. The summed E-state index contributed by atoms with van der Waals surface area (Å²) >= 11 is 0. The normalized spacial score (nSPS) is 10.4. The largest absolute Gasteiger partial charge is 0.367 e. The van der Waals surface area contributed by atoms with E-state index in [-0.39, 0.29) is 11.8 Å². The van der Waals surface area contributed by atoms with Gasteiger partial charge in [0.25, 0.3) is 0 Å². The zero-order valence-electron chi connectivity index (χ0n) is 6.16. The van der Waals surface area contributed by atoms with Crippen LogP contribution in [-0.2, 0) is 0 Å². The molecule has 1 aromatic rings. The zero-order valence-corrected chi connectivity index (χ0v) is 6.16. The lowest BCUT2D eigenvalue weighted by Crippen LogP contribution is -2.03. The highest BCUT2D eigenvalue weighted by atomic mass is 19.1. The summed E-state index contributed by atoms with van der Waals surface area (Å²) in [5.74, 6) is -0.712. The van der Waals surface area contributed by atoms with Crippen LogP contribution in [0.15, 0.2) is 34.5 Å². The first-order valence-electron chi connectivity index (χ1n) is 3.20. The molecule has 12 heavy (non-hydrogen) atoms. The van der Waals surface area contributed by atoms with Crippen LogP contribution in [0.25, 0.3) is 0 Å². The molecule has 0 aliphatic carbocycles. The Morgan fingerprint density at radius 1 is 1.33 bits per heavy atom. The lowest BCUT2D eigenvalue weighted by atomic mass is 10.3. The van der Waals surface area contributed by atoms with Gasteiger partial charge in [-0.2, -0.15) is 0 Å². The number of benzene rings is 1. The number of hydrogen-bond acceptors (Lipinski definition) is 2. The fourth-order valence-corrected chi connectivity index (χ4v) is 0.619. The summed E-state index contributed by atoms with van der Waals surface area (Å²) in [7, 11) is 0. The minimum absolute atomic E-state index is 0.336. The van der Waals surface area contributed by atoms with Crippen molar-refractivity contribution in [1.29, 1.82) is 5.41 Å². The highest BCUT2D eigenvalue weighted by molar-refractivity contribution is 5.74. The van der Waals surface area contributed by atoms with E-state index in [0.717, 1.165) is 0 Å². The fraction of sp³-hybridized carbons (Fsp3) is 0. The van der Waals surface area contributed by atoms with Crippen LogP contribution in [0.2, 0.25) is 0 Å². The van der Waals surface area contributed by atoms with Crippen molar-refractivity contribution >= 4 is 11.6 Å². The number of hydrogen-bond donors (Lipinski definition) is 2. The van der Waals surface area contributed by atoms with Gasteiger partial charge in [0.2, 0.25) is 5.96 Å². The number of nitrogens with zero attached hydrogens (tertiary/aromatic N) is 2. The third-order valence-electron chi connectivity index (χ3n) is 1.10. The Bertz CT molecular complexity index is 304. The van der Waals surface area contributed by atoms with Crippen molar-refractivity contribution < 1.29 is 4.39 Å². The third kappa shape index (κ3) is 2.45. The van der Waals surface area contributed by atoms with E-state index in [4.69, 9.17) is 11.1 Å². The second kappa shape index (κ2) is 3.56. The summed E-state index contributed by atoms with van der Waals surface area (Å²) in [5.41, 5.74) is 5.38. The molecule has 1 rings (SSSR count). The molecule has 62 valence electrons. The second-order valence-corrected chi connectivity index (χ2v) is 2.06. The molecule has 0 spiro atoms. The quantitative estimate of drug-likeness (QED) is 0.372. The molecule has 0 unspecified atom stereocenters. The molecule has 0 radical (unpaired) electrons. The molecule has 4 nitrogen and oxygen atoms in total. The molecule has 0 atom stereocenters. The van der Waals surface area contributed by atoms with E-state index in [0.29, 0.717) is 5.69 Å². The summed E-state index contributed by atoms with van der Waals surface area (Å²) in [6.45, 7) is 0. The van der Waals surface area contributed by atoms with E-state index in [1.54, 1.807) is 0 Å². The molecule has 0 fully saturated rings. The van der Waals surface area contributed by atoms with Gasteiger partial charge in [-0.15, -0.1) is 10.2 Å². The van der Waals surface area contributed by atoms with Crippen molar-refractivity contribution in [2.24, 2.45) is 16.0 Å². The molecular formula is C7H7FN4. The number of rotatable bonds is 1. The van der Waals surface area contributed by atoms with Gasteiger partial charge in [-0.3, -0.25) is 5.41 Å². The average Bonchev–Trinajstić information content (AvgIpc) is 2.03. The molecule has 5 heteroatoms. The van der Waals surface area contributed by atoms with Gasteiger partial charge in [0, 0.05) is 0 Å². The zero-order chi connectivity index (χ0) is 8.97. The first-order valence-corrected chi connectivity index (χ1v) is 3.20. The molecule has 0 amide bonds. The molecule has 3 N–H and O–H groups in total. The standard InChI is InChI=1S/C7H7FN4/c8-5-1-3-6(4-2-5)11-12-7(9)10/h1-4H,(H3,9,10). The SMILES string of the molecule is N=C(N)N=Nc1ccc(F)cc1. The molecule has 0 aliphatic rings. The van der Waals surface area contributed by atoms with E-state index in [1.807, 2.05) is 0 Å². The van der Waals surface area contributed by atoms with E-state index in [9.17, 15) is 4.39 Å². The molecule has 0 saturated heterocycles. The maximum absolute atomic E-state index is 12.3. The van der Waals surface area contributed by atoms with Gasteiger partial charge in [-0.05, 0) is 24.3 Å². The predicted octanol–water partition coefficient (Wildman–Crippen LogP) is 1.80. The Morgan fingerprint density at radius 2 is 1.92 bits per heavy atom. The number of nitrogens with two attached hydrogens (primary N) is 1. The van der Waals surface area contributed by atoms with Crippen molar-refractivity contribution in [2.45, 2.75) is 0 Å². The molecule has 0 bridgehead atoms. The van der Waals surface area contributed by atoms with E-state index in [2.05, 4.69) is 10.2 Å². The molecule has 0 aromatic heterocycles. The first kappa shape index (κ1) is 8.32. The van der Waals surface area contributed by atoms with Crippen molar-refractivity contribution in [3.8, 4) is 0 Å². The first-order chi connectivity index (χ1) is 5.68. The van der Waals surface area contributed by atoms with Gasteiger partial charge in [-0.25, -0.2) is 4.39 Å².